The zero-order chi connectivity index (χ0) is 19.6. The number of fused-ring (bicyclic) bond motifs is 3. The number of hydrogen-bond acceptors (Lipinski definition) is 4. The Balaban J connectivity index is 1.99. The third-order valence-electron chi connectivity index (χ3n) is 5.88. The minimum absolute atomic E-state index is 0.0227. The monoisotopic (exact) mass is 375 g/mol. The van der Waals surface area contributed by atoms with Gasteiger partial charge in [-0.05, 0) is 42.0 Å². The molecule has 0 amide bonds. The Hall–Kier alpha value is -1.77. The molecule has 0 unspecified atom stereocenters. The molecular formula is C22H30FNO3. The van der Waals surface area contributed by atoms with Crippen molar-refractivity contribution >= 4 is 0 Å². The topological polar surface area (TPSA) is 41.9 Å². The van der Waals surface area contributed by atoms with E-state index in [1.807, 2.05) is 12.1 Å². The lowest BCUT2D eigenvalue weighted by atomic mass is 9.71. The molecule has 1 aromatic carbocycles. The third-order valence-corrected chi connectivity index (χ3v) is 5.88. The van der Waals surface area contributed by atoms with Crippen LogP contribution in [0, 0.1) is 23.7 Å². The summed E-state index contributed by atoms with van der Waals surface area (Å²) >= 11 is 0. The summed E-state index contributed by atoms with van der Waals surface area (Å²) in [5.41, 5.74) is 1.21. The zero-order valence-electron chi connectivity index (χ0n) is 16.7. The smallest absolute Gasteiger partial charge is 0.161 e. The summed E-state index contributed by atoms with van der Waals surface area (Å²) in [7, 11) is 3.27. The number of piperidine rings is 1. The first-order valence-electron chi connectivity index (χ1n) is 9.69. The fourth-order valence-corrected chi connectivity index (χ4v) is 4.61. The molecule has 2 aliphatic heterocycles. The Morgan fingerprint density at radius 2 is 2.00 bits per heavy atom. The molecule has 3 atom stereocenters. The largest absolute Gasteiger partial charge is 0.493 e. The SMILES string of the molecule is COc1cc2c(cc1OC)[C@H]1C[C@](O)(C#CCF)[C@H](CC(C)C)CN1CC2. The normalized spacial score (nSPS) is 27.4. The van der Waals surface area contributed by atoms with Gasteiger partial charge in [0.1, 0.15) is 12.3 Å². The molecule has 2 aliphatic rings. The average Bonchev–Trinajstić information content (AvgIpc) is 2.65. The lowest BCUT2D eigenvalue weighted by molar-refractivity contribution is -0.0648. The van der Waals surface area contributed by atoms with Crippen molar-refractivity contribution in [2.75, 3.05) is 34.0 Å². The zero-order valence-corrected chi connectivity index (χ0v) is 16.7. The lowest BCUT2D eigenvalue weighted by Gasteiger charge is -2.50. The molecule has 3 rings (SSSR count). The number of nitrogens with zero attached hydrogens (tertiary/aromatic N) is 1. The first-order valence-corrected chi connectivity index (χ1v) is 9.69. The van der Waals surface area contributed by atoms with Crippen LogP contribution in [0.3, 0.4) is 0 Å². The summed E-state index contributed by atoms with van der Waals surface area (Å²) in [5, 5.41) is 11.4. The van der Waals surface area contributed by atoms with Gasteiger partial charge in [-0.15, -0.1) is 0 Å². The highest BCUT2D eigenvalue weighted by atomic mass is 19.1. The van der Waals surface area contributed by atoms with E-state index in [0.29, 0.717) is 18.1 Å². The first-order chi connectivity index (χ1) is 12.9. The van der Waals surface area contributed by atoms with Crippen molar-refractivity contribution in [2.24, 2.45) is 11.8 Å². The van der Waals surface area contributed by atoms with E-state index in [1.165, 1.54) is 5.56 Å². The Morgan fingerprint density at radius 1 is 1.30 bits per heavy atom. The van der Waals surface area contributed by atoms with Crippen molar-refractivity contribution in [2.45, 2.75) is 44.8 Å². The predicted molar refractivity (Wildman–Crippen MR) is 104 cm³/mol. The maximum absolute atomic E-state index is 12.7. The fourth-order valence-electron chi connectivity index (χ4n) is 4.61. The van der Waals surface area contributed by atoms with Crippen molar-refractivity contribution in [3.8, 4) is 23.3 Å². The molecule has 0 saturated carbocycles. The van der Waals surface area contributed by atoms with E-state index in [1.54, 1.807) is 14.2 Å². The number of benzene rings is 1. The number of aliphatic hydroxyl groups is 1. The van der Waals surface area contributed by atoms with E-state index in [9.17, 15) is 9.50 Å². The van der Waals surface area contributed by atoms with Gasteiger partial charge < -0.3 is 14.6 Å². The van der Waals surface area contributed by atoms with Gasteiger partial charge in [-0.2, -0.15) is 0 Å². The molecule has 1 N–H and O–H groups in total. The van der Waals surface area contributed by atoms with Gasteiger partial charge in [0.15, 0.2) is 11.5 Å². The second-order valence-corrected chi connectivity index (χ2v) is 8.06. The van der Waals surface area contributed by atoms with E-state index in [-0.39, 0.29) is 12.0 Å². The number of hydrogen-bond donors (Lipinski definition) is 1. The molecule has 0 spiro atoms. The van der Waals surface area contributed by atoms with E-state index in [2.05, 4.69) is 30.6 Å². The van der Waals surface area contributed by atoms with E-state index in [4.69, 9.17) is 9.47 Å². The second-order valence-electron chi connectivity index (χ2n) is 8.06. The number of ether oxygens (including phenoxy) is 2. The van der Waals surface area contributed by atoms with Crippen LogP contribution in [-0.4, -0.2) is 49.6 Å². The van der Waals surface area contributed by atoms with Crippen molar-refractivity contribution in [3.63, 3.8) is 0 Å². The standard InChI is InChI=1S/C22H30FNO3/c1-15(2)10-17-14-24-9-6-16-11-20(26-3)21(27-4)12-18(16)19(24)13-22(17,25)7-5-8-23/h11-12,15,17,19,25H,6,8-10,13-14H2,1-4H3/t17-,19-,22-/m1/s1. The van der Waals surface area contributed by atoms with Gasteiger partial charge in [0, 0.05) is 31.5 Å². The molecule has 2 heterocycles. The maximum atomic E-state index is 12.7. The van der Waals surface area contributed by atoms with Crippen LogP contribution in [0.25, 0.3) is 0 Å². The molecule has 148 valence electrons. The number of methoxy groups -OCH3 is 2. The lowest BCUT2D eigenvalue weighted by Crippen LogP contribution is -2.54. The summed E-state index contributed by atoms with van der Waals surface area (Å²) in [6.07, 6.45) is 2.30. The number of rotatable bonds is 4. The third kappa shape index (κ3) is 3.93. The highest BCUT2D eigenvalue weighted by molar-refractivity contribution is 5.50. The van der Waals surface area contributed by atoms with Crippen LogP contribution in [-0.2, 0) is 6.42 Å². The van der Waals surface area contributed by atoms with Crippen LogP contribution in [0.4, 0.5) is 4.39 Å². The summed E-state index contributed by atoms with van der Waals surface area (Å²) < 4.78 is 23.7. The van der Waals surface area contributed by atoms with Crippen LogP contribution < -0.4 is 9.47 Å². The Labute approximate surface area is 161 Å². The molecule has 0 aliphatic carbocycles. The molecule has 1 saturated heterocycles. The van der Waals surface area contributed by atoms with Crippen LogP contribution >= 0.6 is 0 Å². The molecule has 0 aromatic heterocycles. The first kappa shape index (κ1) is 20.0. The molecule has 4 nitrogen and oxygen atoms in total. The van der Waals surface area contributed by atoms with Gasteiger partial charge in [0.05, 0.1) is 14.2 Å². The Bertz CT molecular complexity index is 739. The highest BCUT2D eigenvalue weighted by Crippen LogP contribution is 2.46. The number of alkyl halides is 1. The van der Waals surface area contributed by atoms with Gasteiger partial charge in [-0.1, -0.05) is 25.7 Å². The molecule has 0 radical (unpaired) electrons. The van der Waals surface area contributed by atoms with Crippen LogP contribution in [0.5, 0.6) is 11.5 Å². The second kappa shape index (κ2) is 8.08. The summed E-state index contributed by atoms with van der Waals surface area (Å²) in [6, 6.07) is 4.12. The van der Waals surface area contributed by atoms with Crippen LogP contribution in [0.2, 0.25) is 0 Å². The highest BCUT2D eigenvalue weighted by Gasteiger charge is 2.47. The van der Waals surface area contributed by atoms with Crippen molar-refractivity contribution in [1.29, 1.82) is 0 Å². The van der Waals surface area contributed by atoms with Gasteiger partial charge in [-0.25, -0.2) is 4.39 Å². The molecule has 1 aromatic rings. The maximum Gasteiger partial charge on any atom is 0.161 e. The molecule has 27 heavy (non-hydrogen) atoms. The molecular weight excluding hydrogens is 345 g/mol. The summed E-state index contributed by atoms with van der Waals surface area (Å²) in [6.45, 7) is 5.28. The summed E-state index contributed by atoms with van der Waals surface area (Å²) in [5.74, 6) is 7.25. The van der Waals surface area contributed by atoms with Gasteiger partial charge in [0.2, 0.25) is 0 Å². The molecule has 0 bridgehead atoms. The van der Waals surface area contributed by atoms with Crippen LogP contribution in [0.15, 0.2) is 12.1 Å². The number of halogens is 1. The Kier molecular flexibility index (Phi) is 5.98. The molecule has 5 heteroatoms. The van der Waals surface area contributed by atoms with Gasteiger partial charge >= 0.3 is 0 Å². The van der Waals surface area contributed by atoms with E-state index >= 15 is 0 Å². The van der Waals surface area contributed by atoms with Crippen molar-refractivity contribution in [3.05, 3.63) is 23.3 Å². The van der Waals surface area contributed by atoms with Gasteiger partial charge in [-0.3, -0.25) is 4.90 Å². The summed E-state index contributed by atoms with van der Waals surface area (Å²) in [4.78, 5) is 2.44. The van der Waals surface area contributed by atoms with E-state index < -0.39 is 12.3 Å². The van der Waals surface area contributed by atoms with Crippen molar-refractivity contribution in [1.82, 2.24) is 4.90 Å². The van der Waals surface area contributed by atoms with E-state index in [0.717, 1.165) is 37.2 Å². The van der Waals surface area contributed by atoms with Crippen molar-refractivity contribution < 1.29 is 19.0 Å². The fraction of sp³-hybridized carbons (Fsp3) is 0.636. The minimum Gasteiger partial charge on any atom is -0.493 e. The van der Waals surface area contributed by atoms with Gasteiger partial charge in [0.25, 0.3) is 0 Å². The Morgan fingerprint density at radius 3 is 2.63 bits per heavy atom. The predicted octanol–water partition coefficient (Wildman–Crippen LogP) is 3.37. The molecule has 1 fully saturated rings. The minimum atomic E-state index is -1.17. The average molecular weight is 375 g/mol. The van der Waals surface area contributed by atoms with Crippen LogP contribution in [0.1, 0.15) is 43.9 Å². The quantitative estimate of drug-likeness (QED) is 0.820.